The molecular formula is C17H32N4O. The SMILES string of the molecule is CN=C(NCc1cc(C(C)C)no1)NC(C)CCCC(C)C. The third-order valence-electron chi connectivity index (χ3n) is 3.62. The van der Waals surface area contributed by atoms with Gasteiger partial charge in [-0.2, -0.15) is 0 Å². The molecule has 0 aliphatic carbocycles. The van der Waals surface area contributed by atoms with Gasteiger partial charge in [-0.3, -0.25) is 4.99 Å². The molecule has 22 heavy (non-hydrogen) atoms. The molecule has 1 rings (SSSR count). The minimum Gasteiger partial charge on any atom is -0.359 e. The van der Waals surface area contributed by atoms with Gasteiger partial charge in [-0.1, -0.05) is 45.7 Å². The maximum absolute atomic E-state index is 5.32. The number of rotatable bonds is 8. The maximum Gasteiger partial charge on any atom is 0.191 e. The first-order valence-electron chi connectivity index (χ1n) is 8.35. The lowest BCUT2D eigenvalue weighted by Gasteiger charge is -2.17. The van der Waals surface area contributed by atoms with E-state index < -0.39 is 0 Å². The predicted octanol–water partition coefficient (Wildman–Crippen LogP) is 3.68. The van der Waals surface area contributed by atoms with Gasteiger partial charge in [-0.15, -0.1) is 0 Å². The quantitative estimate of drug-likeness (QED) is 0.568. The molecular weight excluding hydrogens is 276 g/mol. The number of aromatic nitrogens is 1. The predicted molar refractivity (Wildman–Crippen MR) is 92.1 cm³/mol. The van der Waals surface area contributed by atoms with E-state index in [-0.39, 0.29) is 0 Å². The molecule has 1 aromatic rings. The van der Waals surface area contributed by atoms with Gasteiger partial charge in [0.2, 0.25) is 0 Å². The standard InChI is InChI=1S/C17H32N4O/c1-12(2)8-7-9-14(5)20-17(18-6)19-11-15-10-16(13(3)4)21-22-15/h10,12-14H,7-9,11H2,1-6H3,(H2,18,19,20). The van der Waals surface area contributed by atoms with Crippen LogP contribution in [-0.2, 0) is 6.54 Å². The Labute approximate surface area is 135 Å². The van der Waals surface area contributed by atoms with Gasteiger partial charge in [0.05, 0.1) is 12.2 Å². The smallest absolute Gasteiger partial charge is 0.191 e. The largest absolute Gasteiger partial charge is 0.359 e. The average molecular weight is 308 g/mol. The zero-order valence-electron chi connectivity index (χ0n) is 14.9. The summed E-state index contributed by atoms with van der Waals surface area (Å²) in [4.78, 5) is 4.26. The molecule has 126 valence electrons. The second kappa shape index (κ2) is 9.49. The van der Waals surface area contributed by atoms with Gasteiger partial charge in [0.25, 0.3) is 0 Å². The van der Waals surface area contributed by atoms with Crippen LogP contribution in [0, 0.1) is 5.92 Å². The highest BCUT2D eigenvalue weighted by molar-refractivity contribution is 5.79. The molecule has 1 atom stereocenters. The Hall–Kier alpha value is -1.52. The van der Waals surface area contributed by atoms with Crippen LogP contribution in [0.2, 0.25) is 0 Å². The summed E-state index contributed by atoms with van der Waals surface area (Å²) in [6.45, 7) is 11.5. The van der Waals surface area contributed by atoms with Gasteiger partial charge in [-0.25, -0.2) is 0 Å². The van der Waals surface area contributed by atoms with E-state index in [1.54, 1.807) is 7.05 Å². The van der Waals surface area contributed by atoms with Crippen molar-refractivity contribution >= 4 is 5.96 Å². The molecule has 2 N–H and O–H groups in total. The summed E-state index contributed by atoms with van der Waals surface area (Å²) in [6, 6.07) is 2.41. The highest BCUT2D eigenvalue weighted by Crippen LogP contribution is 2.13. The molecule has 0 spiro atoms. The summed E-state index contributed by atoms with van der Waals surface area (Å²) in [5.41, 5.74) is 0.988. The van der Waals surface area contributed by atoms with Crippen LogP contribution in [0.5, 0.6) is 0 Å². The second-order valence-electron chi connectivity index (χ2n) is 6.67. The Morgan fingerprint density at radius 2 is 1.95 bits per heavy atom. The number of guanidine groups is 1. The number of nitrogens with one attached hydrogen (secondary N) is 2. The highest BCUT2D eigenvalue weighted by atomic mass is 16.5. The van der Waals surface area contributed by atoms with Crippen molar-refractivity contribution in [3.05, 3.63) is 17.5 Å². The fourth-order valence-electron chi connectivity index (χ4n) is 2.19. The van der Waals surface area contributed by atoms with Crippen LogP contribution >= 0.6 is 0 Å². The molecule has 0 aliphatic heterocycles. The zero-order valence-corrected chi connectivity index (χ0v) is 14.9. The van der Waals surface area contributed by atoms with Gasteiger partial charge in [0, 0.05) is 19.2 Å². The highest BCUT2D eigenvalue weighted by Gasteiger charge is 2.09. The van der Waals surface area contributed by atoms with Gasteiger partial charge >= 0.3 is 0 Å². The van der Waals surface area contributed by atoms with Crippen molar-refractivity contribution in [2.45, 2.75) is 72.4 Å². The molecule has 0 radical (unpaired) electrons. The Bertz CT molecular complexity index is 451. The molecule has 5 heteroatoms. The van der Waals surface area contributed by atoms with Crippen LogP contribution in [0.15, 0.2) is 15.6 Å². The van der Waals surface area contributed by atoms with Crippen LogP contribution in [0.1, 0.15) is 71.3 Å². The fraction of sp³-hybridized carbons (Fsp3) is 0.765. The first-order valence-corrected chi connectivity index (χ1v) is 8.35. The average Bonchev–Trinajstić information content (AvgIpc) is 2.92. The van der Waals surface area contributed by atoms with Crippen molar-refractivity contribution in [3.8, 4) is 0 Å². The zero-order chi connectivity index (χ0) is 16.5. The van der Waals surface area contributed by atoms with Crippen molar-refractivity contribution in [3.63, 3.8) is 0 Å². The topological polar surface area (TPSA) is 62.5 Å². The number of nitrogens with zero attached hydrogens (tertiary/aromatic N) is 2. The van der Waals surface area contributed by atoms with Crippen LogP contribution in [-0.4, -0.2) is 24.2 Å². The molecule has 0 bridgehead atoms. The molecule has 0 amide bonds. The molecule has 0 fully saturated rings. The van der Waals surface area contributed by atoms with E-state index in [0.717, 1.165) is 29.8 Å². The lowest BCUT2D eigenvalue weighted by atomic mass is 10.0. The normalized spacial score (nSPS) is 13.7. The van der Waals surface area contributed by atoms with Crippen LogP contribution in [0.3, 0.4) is 0 Å². The minimum atomic E-state index is 0.385. The summed E-state index contributed by atoms with van der Waals surface area (Å²) < 4.78 is 5.32. The Balaban J connectivity index is 2.35. The van der Waals surface area contributed by atoms with E-state index in [2.05, 4.69) is 55.4 Å². The molecule has 0 saturated carbocycles. The van der Waals surface area contributed by atoms with E-state index >= 15 is 0 Å². The van der Waals surface area contributed by atoms with Crippen molar-refractivity contribution in [1.29, 1.82) is 0 Å². The third-order valence-corrected chi connectivity index (χ3v) is 3.62. The van der Waals surface area contributed by atoms with Crippen LogP contribution in [0.4, 0.5) is 0 Å². The summed E-state index contributed by atoms with van der Waals surface area (Å²) in [5, 5.41) is 10.8. The summed E-state index contributed by atoms with van der Waals surface area (Å²) in [6.07, 6.45) is 3.66. The summed E-state index contributed by atoms with van der Waals surface area (Å²) in [7, 11) is 1.79. The number of aliphatic imine (C=N–C) groups is 1. The Morgan fingerprint density at radius 1 is 1.23 bits per heavy atom. The van der Waals surface area contributed by atoms with E-state index in [4.69, 9.17) is 4.52 Å². The van der Waals surface area contributed by atoms with Gasteiger partial charge in [0.15, 0.2) is 11.7 Å². The molecule has 0 aliphatic rings. The molecule has 0 aromatic carbocycles. The maximum atomic E-state index is 5.32. The van der Waals surface area contributed by atoms with Gasteiger partial charge in [0.1, 0.15) is 0 Å². The summed E-state index contributed by atoms with van der Waals surface area (Å²) in [5.74, 6) is 2.79. The molecule has 0 saturated heterocycles. The van der Waals surface area contributed by atoms with Crippen molar-refractivity contribution in [2.75, 3.05) is 7.05 Å². The first-order chi connectivity index (χ1) is 10.4. The first kappa shape index (κ1) is 18.5. The van der Waals surface area contributed by atoms with Gasteiger partial charge < -0.3 is 15.2 Å². The van der Waals surface area contributed by atoms with Crippen LogP contribution < -0.4 is 10.6 Å². The second-order valence-corrected chi connectivity index (χ2v) is 6.67. The minimum absolute atomic E-state index is 0.385. The van der Waals surface area contributed by atoms with E-state index in [1.165, 1.54) is 12.8 Å². The van der Waals surface area contributed by atoms with Crippen molar-refractivity contribution in [2.24, 2.45) is 10.9 Å². The Kier molecular flexibility index (Phi) is 7.99. The van der Waals surface area contributed by atoms with Gasteiger partial charge in [-0.05, 0) is 25.2 Å². The Morgan fingerprint density at radius 3 is 2.50 bits per heavy atom. The van der Waals surface area contributed by atoms with Crippen molar-refractivity contribution < 1.29 is 4.52 Å². The number of hydrogen-bond donors (Lipinski definition) is 2. The molecule has 1 unspecified atom stereocenters. The fourth-order valence-corrected chi connectivity index (χ4v) is 2.19. The molecule has 5 nitrogen and oxygen atoms in total. The lowest BCUT2D eigenvalue weighted by molar-refractivity contribution is 0.371. The number of hydrogen-bond acceptors (Lipinski definition) is 3. The lowest BCUT2D eigenvalue weighted by Crippen LogP contribution is -2.41. The van der Waals surface area contributed by atoms with E-state index in [9.17, 15) is 0 Å². The van der Waals surface area contributed by atoms with E-state index in [0.29, 0.717) is 18.5 Å². The molecule has 1 aromatic heterocycles. The van der Waals surface area contributed by atoms with Crippen LogP contribution in [0.25, 0.3) is 0 Å². The summed E-state index contributed by atoms with van der Waals surface area (Å²) >= 11 is 0. The van der Waals surface area contributed by atoms with E-state index in [1.807, 2.05) is 6.07 Å². The van der Waals surface area contributed by atoms with Crippen molar-refractivity contribution in [1.82, 2.24) is 15.8 Å². The monoisotopic (exact) mass is 308 g/mol. The molecule has 1 heterocycles. The third kappa shape index (κ3) is 6.96.